The highest BCUT2D eigenvalue weighted by Crippen LogP contribution is 2.09. The standard InChI is InChI=1S/C14H18N4O2/c1-20-9-12-7-11(17-18-12)8-16-14(19)13(15)10-5-3-2-4-6-10/h2-7,13H,8-9,15H2,1H3,(H,16,19)(H,17,18)/t13-/m1/s1. The fourth-order valence-corrected chi connectivity index (χ4v) is 1.83. The summed E-state index contributed by atoms with van der Waals surface area (Å²) in [4.78, 5) is 12.0. The lowest BCUT2D eigenvalue weighted by Crippen LogP contribution is -2.33. The number of carbonyl (C=O) groups is 1. The van der Waals surface area contributed by atoms with Gasteiger partial charge in [-0.25, -0.2) is 0 Å². The van der Waals surface area contributed by atoms with Crippen molar-refractivity contribution in [2.45, 2.75) is 19.2 Å². The average molecular weight is 274 g/mol. The molecule has 1 aromatic carbocycles. The zero-order valence-electron chi connectivity index (χ0n) is 11.3. The number of amides is 1. The summed E-state index contributed by atoms with van der Waals surface area (Å²) in [5.41, 5.74) is 8.29. The van der Waals surface area contributed by atoms with Gasteiger partial charge in [-0.2, -0.15) is 5.10 Å². The zero-order chi connectivity index (χ0) is 14.4. The monoisotopic (exact) mass is 274 g/mol. The highest BCUT2D eigenvalue weighted by atomic mass is 16.5. The maximum Gasteiger partial charge on any atom is 0.241 e. The molecular formula is C14H18N4O2. The molecule has 2 aromatic rings. The number of nitrogens with one attached hydrogen (secondary N) is 2. The molecule has 2 rings (SSSR count). The Morgan fingerprint density at radius 1 is 1.45 bits per heavy atom. The number of carbonyl (C=O) groups excluding carboxylic acids is 1. The van der Waals surface area contributed by atoms with Gasteiger partial charge in [-0.05, 0) is 11.6 Å². The third kappa shape index (κ3) is 3.66. The molecule has 20 heavy (non-hydrogen) atoms. The molecule has 0 fully saturated rings. The van der Waals surface area contributed by atoms with Gasteiger partial charge in [0.2, 0.25) is 5.91 Å². The smallest absolute Gasteiger partial charge is 0.241 e. The number of H-pyrrole nitrogens is 1. The Labute approximate surface area is 117 Å². The highest BCUT2D eigenvalue weighted by molar-refractivity contribution is 5.82. The van der Waals surface area contributed by atoms with Crippen molar-refractivity contribution in [1.82, 2.24) is 15.5 Å². The Balaban J connectivity index is 1.88. The second kappa shape index (κ2) is 6.83. The third-order valence-corrected chi connectivity index (χ3v) is 2.87. The SMILES string of the molecule is COCc1cc(CNC(=O)[C@H](N)c2ccccc2)[nH]n1. The van der Waals surface area contributed by atoms with E-state index in [0.717, 1.165) is 17.0 Å². The van der Waals surface area contributed by atoms with E-state index in [4.69, 9.17) is 10.5 Å². The van der Waals surface area contributed by atoms with Gasteiger partial charge in [0, 0.05) is 7.11 Å². The normalized spacial score (nSPS) is 12.1. The molecule has 0 saturated carbocycles. The molecule has 1 atom stereocenters. The summed E-state index contributed by atoms with van der Waals surface area (Å²) in [7, 11) is 1.61. The lowest BCUT2D eigenvalue weighted by atomic mass is 10.1. The molecule has 1 amide bonds. The fraction of sp³-hybridized carbons (Fsp3) is 0.286. The van der Waals surface area contributed by atoms with Gasteiger partial charge in [0.1, 0.15) is 6.04 Å². The topological polar surface area (TPSA) is 93.0 Å². The highest BCUT2D eigenvalue weighted by Gasteiger charge is 2.15. The number of ether oxygens (including phenoxy) is 1. The Hall–Kier alpha value is -2.18. The van der Waals surface area contributed by atoms with E-state index in [1.54, 1.807) is 7.11 Å². The minimum Gasteiger partial charge on any atom is -0.378 e. The van der Waals surface area contributed by atoms with Crippen molar-refractivity contribution in [1.29, 1.82) is 0 Å². The van der Waals surface area contributed by atoms with E-state index >= 15 is 0 Å². The van der Waals surface area contributed by atoms with Crippen LogP contribution in [0.1, 0.15) is 23.0 Å². The molecule has 6 nitrogen and oxygen atoms in total. The molecule has 0 unspecified atom stereocenters. The van der Waals surface area contributed by atoms with Crippen molar-refractivity contribution in [3.8, 4) is 0 Å². The first-order valence-electron chi connectivity index (χ1n) is 6.31. The molecule has 1 heterocycles. The summed E-state index contributed by atoms with van der Waals surface area (Å²) in [6.07, 6.45) is 0. The predicted molar refractivity (Wildman–Crippen MR) is 74.5 cm³/mol. The van der Waals surface area contributed by atoms with Crippen LogP contribution in [-0.2, 0) is 22.7 Å². The van der Waals surface area contributed by atoms with Crippen LogP contribution >= 0.6 is 0 Å². The minimum absolute atomic E-state index is 0.223. The number of methoxy groups -OCH3 is 1. The summed E-state index contributed by atoms with van der Waals surface area (Å²) in [5.74, 6) is -0.223. The van der Waals surface area contributed by atoms with E-state index in [1.807, 2.05) is 36.4 Å². The molecule has 0 saturated heterocycles. The van der Waals surface area contributed by atoms with Crippen LogP contribution in [0.25, 0.3) is 0 Å². The molecule has 0 aliphatic carbocycles. The molecule has 0 aliphatic heterocycles. The van der Waals surface area contributed by atoms with Crippen molar-refractivity contribution in [2.75, 3.05) is 7.11 Å². The second-order valence-corrected chi connectivity index (χ2v) is 4.42. The lowest BCUT2D eigenvalue weighted by molar-refractivity contribution is -0.122. The number of hydrogen-bond acceptors (Lipinski definition) is 4. The van der Waals surface area contributed by atoms with Gasteiger partial charge in [0.05, 0.1) is 24.5 Å². The molecule has 0 spiro atoms. The van der Waals surface area contributed by atoms with Gasteiger partial charge in [-0.15, -0.1) is 0 Å². The zero-order valence-corrected chi connectivity index (χ0v) is 11.3. The van der Waals surface area contributed by atoms with Crippen molar-refractivity contribution < 1.29 is 9.53 Å². The van der Waals surface area contributed by atoms with Crippen molar-refractivity contribution in [2.24, 2.45) is 5.73 Å². The van der Waals surface area contributed by atoms with Gasteiger partial charge in [-0.1, -0.05) is 30.3 Å². The van der Waals surface area contributed by atoms with Crippen LogP contribution in [0.15, 0.2) is 36.4 Å². The molecule has 106 valence electrons. The summed E-state index contributed by atoms with van der Waals surface area (Å²) in [5, 5.41) is 9.67. The van der Waals surface area contributed by atoms with Crippen LogP contribution in [0.4, 0.5) is 0 Å². The summed E-state index contributed by atoms with van der Waals surface area (Å²) in [6, 6.07) is 10.4. The van der Waals surface area contributed by atoms with Crippen molar-refractivity contribution in [3.63, 3.8) is 0 Å². The fourth-order valence-electron chi connectivity index (χ4n) is 1.83. The number of nitrogens with two attached hydrogens (primary N) is 1. The number of nitrogens with zero attached hydrogens (tertiary/aromatic N) is 1. The van der Waals surface area contributed by atoms with Crippen LogP contribution in [0, 0.1) is 0 Å². The van der Waals surface area contributed by atoms with Crippen molar-refractivity contribution >= 4 is 5.91 Å². The molecular weight excluding hydrogens is 256 g/mol. The Morgan fingerprint density at radius 3 is 2.90 bits per heavy atom. The van der Waals surface area contributed by atoms with E-state index in [-0.39, 0.29) is 5.91 Å². The maximum absolute atomic E-state index is 12.0. The number of aromatic nitrogens is 2. The predicted octanol–water partition coefficient (Wildman–Crippen LogP) is 0.872. The van der Waals surface area contributed by atoms with E-state index in [9.17, 15) is 4.79 Å². The van der Waals surface area contributed by atoms with Gasteiger partial charge in [0.25, 0.3) is 0 Å². The first-order chi connectivity index (χ1) is 9.70. The quantitative estimate of drug-likeness (QED) is 0.728. The molecule has 0 bridgehead atoms. The van der Waals surface area contributed by atoms with E-state index in [0.29, 0.717) is 13.2 Å². The van der Waals surface area contributed by atoms with Crippen LogP contribution in [0.5, 0.6) is 0 Å². The minimum atomic E-state index is -0.669. The Kier molecular flexibility index (Phi) is 4.86. The first-order valence-corrected chi connectivity index (χ1v) is 6.31. The van der Waals surface area contributed by atoms with E-state index in [2.05, 4.69) is 15.5 Å². The van der Waals surface area contributed by atoms with Gasteiger partial charge in [0.15, 0.2) is 0 Å². The van der Waals surface area contributed by atoms with Gasteiger partial charge >= 0.3 is 0 Å². The van der Waals surface area contributed by atoms with Crippen LogP contribution in [-0.4, -0.2) is 23.2 Å². The molecule has 4 N–H and O–H groups in total. The Bertz CT molecular complexity index is 553. The molecule has 6 heteroatoms. The van der Waals surface area contributed by atoms with Gasteiger partial charge in [-0.3, -0.25) is 9.89 Å². The summed E-state index contributed by atoms with van der Waals surface area (Å²) < 4.78 is 4.97. The first kappa shape index (κ1) is 14.2. The van der Waals surface area contributed by atoms with Gasteiger partial charge < -0.3 is 15.8 Å². The summed E-state index contributed by atoms with van der Waals surface area (Å²) in [6.45, 7) is 0.796. The van der Waals surface area contributed by atoms with Crippen LogP contribution in [0.2, 0.25) is 0 Å². The number of benzene rings is 1. The van der Waals surface area contributed by atoms with E-state index in [1.165, 1.54) is 0 Å². The molecule has 0 radical (unpaired) electrons. The Morgan fingerprint density at radius 2 is 2.20 bits per heavy atom. The number of aromatic amines is 1. The largest absolute Gasteiger partial charge is 0.378 e. The van der Waals surface area contributed by atoms with Crippen molar-refractivity contribution in [3.05, 3.63) is 53.3 Å². The maximum atomic E-state index is 12.0. The van der Waals surface area contributed by atoms with Crippen LogP contribution in [0.3, 0.4) is 0 Å². The third-order valence-electron chi connectivity index (χ3n) is 2.87. The van der Waals surface area contributed by atoms with Crippen LogP contribution < -0.4 is 11.1 Å². The number of hydrogen-bond donors (Lipinski definition) is 3. The van der Waals surface area contributed by atoms with E-state index < -0.39 is 6.04 Å². The molecule has 1 aromatic heterocycles. The summed E-state index contributed by atoms with van der Waals surface area (Å²) >= 11 is 0. The molecule has 0 aliphatic rings. The average Bonchev–Trinajstić information content (AvgIpc) is 2.93. The lowest BCUT2D eigenvalue weighted by Gasteiger charge is -2.11. The number of rotatable bonds is 6. The second-order valence-electron chi connectivity index (χ2n) is 4.42.